The molecule has 2 aromatic heterocycles. The number of benzene rings is 3. The summed E-state index contributed by atoms with van der Waals surface area (Å²) in [5, 5.41) is 8.41. The van der Waals surface area contributed by atoms with E-state index in [1.165, 1.54) is 23.5 Å². The first-order valence-corrected chi connectivity index (χ1v) is 13.1. The van der Waals surface area contributed by atoms with E-state index < -0.39 is 6.10 Å². The second-order valence-corrected chi connectivity index (χ2v) is 10.9. The maximum atomic E-state index is 13.4. The number of hydrogen-bond acceptors (Lipinski definition) is 5. The van der Waals surface area contributed by atoms with Crippen molar-refractivity contribution in [3.8, 4) is 17.2 Å². The molecule has 2 atom stereocenters. The molecule has 0 unspecified atom stereocenters. The molecule has 3 aromatic carbocycles. The molecule has 0 aliphatic heterocycles. The van der Waals surface area contributed by atoms with Gasteiger partial charge in [0.2, 0.25) is 0 Å². The van der Waals surface area contributed by atoms with Crippen LogP contribution < -0.4 is 14.8 Å². The van der Waals surface area contributed by atoms with Crippen molar-refractivity contribution in [2.45, 2.75) is 26.5 Å². The van der Waals surface area contributed by atoms with E-state index in [9.17, 15) is 9.18 Å². The monoisotopic (exact) mass is 595 g/mol. The normalized spacial score (nSPS) is 12.4. The number of methoxy groups -OCH3 is 1. The molecule has 196 valence electrons. The minimum Gasteiger partial charge on any atom is -0.497 e. The largest absolute Gasteiger partial charge is 0.497 e. The van der Waals surface area contributed by atoms with Crippen LogP contribution in [0.3, 0.4) is 0 Å². The summed E-state index contributed by atoms with van der Waals surface area (Å²) in [6.07, 6.45) is 1.25. The summed E-state index contributed by atoms with van der Waals surface area (Å²) in [4.78, 5) is 13.5. The lowest BCUT2D eigenvalue weighted by molar-refractivity contribution is 0.0886. The molecule has 1 amide bonds. The number of nitrogens with one attached hydrogen (secondary N) is 1. The van der Waals surface area contributed by atoms with E-state index >= 15 is 0 Å². The maximum absolute atomic E-state index is 13.4. The van der Waals surface area contributed by atoms with Crippen LogP contribution in [-0.2, 0) is 0 Å². The zero-order valence-corrected chi connectivity index (χ0v) is 22.4. The van der Waals surface area contributed by atoms with Crippen molar-refractivity contribution in [1.82, 2.24) is 15.1 Å². The number of hydrogen-bond donors (Lipinski definition) is 1. The average Bonchev–Trinajstić information content (AvgIpc) is 3.54. The van der Waals surface area contributed by atoms with Crippen molar-refractivity contribution in [2.75, 3.05) is 7.11 Å². The first-order chi connectivity index (χ1) is 17.9. The van der Waals surface area contributed by atoms with Crippen LogP contribution in [0.1, 0.15) is 35.7 Å². The van der Waals surface area contributed by atoms with E-state index in [-0.39, 0.29) is 25.2 Å². The second kappa shape index (κ2) is 11.8. The van der Waals surface area contributed by atoms with E-state index in [1.807, 2.05) is 55.5 Å². The number of thiophene rings is 1. The Bertz CT molecular complexity index is 1550. The smallest absolute Gasteiger partial charge is 0.261 e. The Balaban J connectivity index is 0.00000336. The molecule has 0 spiro atoms. The molecule has 1 N–H and O–H groups in total. The summed E-state index contributed by atoms with van der Waals surface area (Å²) in [5.74, 6) is 0.852. The zero-order valence-electron chi connectivity index (χ0n) is 20.0. The second-order valence-electron chi connectivity index (χ2n) is 8.43. The first kappa shape index (κ1) is 27.3. The molecule has 0 radical (unpaired) electrons. The number of ether oxygens (including phenoxy) is 2. The fraction of sp³-hybridized carbons (Fsp3) is 0.172. The van der Waals surface area contributed by atoms with Crippen molar-refractivity contribution in [1.29, 1.82) is 0 Å². The van der Waals surface area contributed by atoms with Crippen molar-refractivity contribution < 1.29 is 18.7 Å². The van der Waals surface area contributed by atoms with Crippen LogP contribution in [0.2, 0.25) is 0 Å². The molecule has 9 heteroatoms. The zero-order chi connectivity index (χ0) is 25.9. The van der Waals surface area contributed by atoms with Crippen molar-refractivity contribution in [2.24, 2.45) is 0 Å². The van der Waals surface area contributed by atoms with Gasteiger partial charge in [0.1, 0.15) is 23.4 Å². The number of carbonyl (C=O) groups is 1. The van der Waals surface area contributed by atoms with Gasteiger partial charge in [-0.2, -0.15) is 5.10 Å². The number of amides is 1. The number of rotatable bonds is 8. The van der Waals surface area contributed by atoms with Gasteiger partial charge in [0.25, 0.3) is 5.91 Å². The third-order valence-electron chi connectivity index (χ3n) is 5.91. The van der Waals surface area contributed by atoms with Gasteiger partial charge in [-0.15, -0.1) is 11.3 Å². The molecule has 5 rings (SSSR count). The number of aromatic nitrogens is 2. The Morgan fingerprint density at radius 2 is 1.84 bits per heavy atom. The maximum Gasteiger partial charge on any atom is 0.261 e. The first-order valence-electron chi connectivity index (χ1n) is 11.5. The molecule has 0 saturated heterocycles. The summed E-state index contributed by atoms with van der Waals surface area (Å²) in [7, 11) is 1.61. The number of nitrogens with zero attached hydrogens (tertiary/aromatic N) is 2. The Kier molecular flexibility index (Phi) is 8.48. The van der Waals surface area contributed by atoms with Gasteiger partial charge < -0.3 is 14.8 Å². The van der Waals surface area contributed by atoms with Gasteiger partial charge in [-0.05, 0) is 95.1 Å². The predicted octanol–water partition coefficient (Wildman–Crippen LogP) is 7.57. The molecule has 0 fully saturated rings. The summed E-state index contributed by atoms with van der Waals surface area (Å²) >= 11 is 4.78. The van der Waals surface area contributed by atoms with E-state index in [2.05, 4.69) is 26.3 Å². The summed E-state index contributed by atoms with van der Waals surface area (Å²) in [6, 6.07) is 22.7. The van der Waals surface area contributed by atoms with E-state index in [0.717, 1.165) is 25.9 Å². The molecule has 2 heterocycles. The van der Waals surface area contributed by atoms with Gasteiger partial charge in [0.15, 0.2) is 0 Å². The summed E-state index contributed by atoms with van der Waals surface area (Å²) in [5.41, 5.74) is 2.49. The molecule has 0 aliphatic rings. The third kappa shape index (κ3) is 5.89. The van der Waals surface area contributed by atoms with Crippen LogP contribution in [0.4, 0.5) is 4.39 Å². The lowest BCUT2D eigenvalue weighted by Gasteiger charge is -2.27. The highest BCUT2D eigenvalue weighted by Gasteiger charge is 2.25. The van der Waals surface area contributed by atoms with Gasteiger partial charge in [-0.25, -0.2) is 9.07 Å². The predicted molar refractivity (Wildman–Crippen MR) is 153 cm³/mol. The van der Waals surface area contributed by atoms with Crippen LogP contribution in [-0.4, -0.2) is 28.8 Å². The third-order valence-corrected chi connectivity index (χ3v) is 7.53. The standard InChI is InChI=1S/C28H23BrFN3O3S.CH4/c1-17(32-28(34)25-12-13-26(29)37-25)27(18-4-3-5-22(14-18)35-2)36-23-10-11-24-19(15-23)16-31-33(24)21-8-6-20(30)7-9-21;/h3-17,27H,1-2H3,(H,32,34);1H4/t17-,27-;/m0./s1. The van der Waals surface area contributed by atoms with Gasteiger partial charge in [-0.3, -0.25) is 4.79 Å². The molecule has 0 saturated carbocycles. The van der Waals surface area contributed by atoms with Crippen LogP contribution in [0.5, 0.6) is 11.5 Å². The fourth-order valence-corrected chi connectivity index (χ4v) is 5.38. The molecule has 0 aliphatic carbocycles. The SMILES string of the molecule is C.COc1cccc([C@@H](Oc2ccc3c(cnn3-c3ccc(F)cc3)c2)[C@H](C)NC(=O)c2ccc(Br)s2)c1. The minimum atomic E-state index is -0.493. The quantitative estimate of drug-likeness (QED) is 0.201. The van der Waals surface area contributed by atoms with Crippen LogP contribution in [0, 0.1) is 5.82 Å². The molecular weight excluding hydrogens is 569 g/mol. The van der Waals surface area contributed by atoms with Crippen LogP contribution >= 0.6 is 27.3 Å². The van der Waals surface area contributed by atoms with E-state index in [4.69, 9.17) is 9.47 Å². The van der Waals surface area contributed by atoms with E-state index in [0.29, 0.717) is 16.4 Å². The summed E-state index contributed by atoms with van der Waals surface area (Å²) in [6.45, 7) is 1.91. The Morgan fingerprint density at radius 3 is 2.55 bits per heavy atom. The van der Waals surface area contributed by atoms with Crippen molar-refractivity contribution in [3.63, 3.8) is 0 Å². The lowest BCUT2D eigenvalue weighted by atomic mass is 10.0. The molecule has 0 bridgehead atoms. The number of halogens is 2. The summed E-state index contributed by atoms with van der Waals surface area (Å²) < 4.78 is 27.9. The Morgan fingerprint density at radius 1 is 1.05 bits per heavy atom. The lowest BCUT2D eigenvalue weighted by Crippen LogP contribution is -2.39. The topological polar surface area (TPSA) is 65.4 Å². The molecule has 6 nitrogen and oxygen atoms in total. The highest BCUT2D eigenvalue weighted by molar-refractivity contribution is 9.11. The van der Waals surface area contributed by atoms with Crippen molar-refractivity contribution in [3.05, 3.63) is 105 Å². The number of carbonyl (C=O) groups excluding carboxylic acids is 1. The highest BCUT2D eigenvalue weighted by Crippen LogP contribution is 2.31. The van der Waals surface area contributed by atoms with Gasteiger partial charge >= 0.3 is 0 Å². The van der Waals surface area contributed by atoms with Crippen LogP contribution in [0.25, 0.3) is 16.6 Å². The van der Waals surface area contributed by atoms with Gasteiger partial charge in [0.05, 0.1) is 39.2 Å². The molecular formula is C29H27BrFN3O3S. The fourth-order valence-electron chi connectivity index (χ4n) is 4.09. The van der Waals surface area contributed by atoms with Crippen molar-refractivity contribution >= 4 is 44.1 Å². The molecule has 5 aromatic rings. The molecule has 38 heavy (non-hydrogen) atoms. The Hall–Kier alpha value is -3.69. The van der Waals surface area contributed by atoms with Gasteiger partial charge in [0, 0.05) is 5.39 Å². The Labute approximate surface area is 233 Å². The average molecular weight is 597 g/mol. The van der Waals surface area contributed by atoms with Crippen LogP contribution in [0.15, 0.2) is 88.8 Å². The minimum absolute atomic E-state index is 0. The van der Waals surface area contributed by atoms with Gasteiger partial charge in [-0.1, -0.05) is 19.6 Å². The van der Waals surface area contributed by atoms with E-state index in [1.54, 1.807) is 36.2 Å². The highest BCUT2D eigenvalue weighted by atomic mass is 79.9. The number of fused-ring (bicyclic) bond motifs is 1.